The minimum absolute atomic E-state index is 0.0133. The molecule has 3 rings (SSSR count). The Labute approximate surface area is 137 Å². The lowest BCUT2D eigenvalue weighted by molar-refractivity contribution is -0.128. The van der Waals surface area contributed by atoms with Crippen LogP contribution < -0.4 is 5.32 Å². The molecule has 1 aliphatic heterocycles. The molecular formula is C16H16FN3O2S. The maximum atomic E-state index is 12.9. The van der Waals surface area contributed by atoms with Gasteiger partial charge in [-0.15, -0.1) is 11.3 Å². The zero-order valence-corrected chi connectivity index (χ0v) is 13.4. The van der Waals surface area contributed by atoms with Crippen LogP contribution in [0.1, 0.15) is 27.3 Å². The molecule has 120 valence electrons. The van der Waals surface area contributed by atoms with Gasteiger partial charge in [-0.05, 0) is 24.6 Å². The number of nitrogens with one attached hydrogen (secondary N) is 1. The number of carbonyl (C=O) groups is 2. The van der Waals surface area contributed by atoms with Crippen molar-refractivity contribution < 1.29 is 14.0 Å². The monoisotopic (exact) mass is 333 g/mol. The first-order valence-electron chi connectivity index (χ1n) is 7.26. The summed E-state index contributed by atoms with van der Waals surface area (Å²) < 4.78 is 12.9. The van der Waals surface area contributed by atoms with Crippen molar-refractivity contribution in [2.45, 2.75) is 25.9 Å². The van der Waals surface area contributed by atoms with Crippen LogP contribution in [0.4, 0.5) is 4.39 Å². The van der Waals surface area contributed by atoms with E-state index in [1.54, 1.807) is 29.5 Å². The number of likely N-dealkylation sites (tertiary alicyclic amines) is 1. The highest BCUT2D eigenvalue weighted by molar-refractivity contribution is 7.11. The Morgan fingerprint density at radius 2 is 2.17 bits per heavy atom. The fourth-order valence-electron chi connectivity index (χ4n) is 2.60. The van der Waals surface area contributed by atoms with Crippen LogP contribution in [-0.2, 0) is 11.3 Å². The molecule has 1 aromatic heterocycles. The van der Waals surface area contributed by atoms with E-state index in [0.29, 0.717) is 23.7 Å². The van der Waals surface area contributed by atoms with Crippen molar-refractivity contribution in [2.75, 3.05) is 6.54 Å². The highest BCUT2D eigenvalue weighted by Crippen LogP contribution is 2.17. The van der Waals surface area contributed by atoms with E-state index in [1.165, 1.54) is 23.5 Å². The van der Waals surface area contributed by atoms with E-state index in [2.05, 4.69) is 10.3 Å². The molecule has 5 nitrogen and oxygen atoms in total. The van der Waals surface area contributed by atoms with E-state index in [1.807, 2.05) is 0 Å². The molecular weight excluding hydrogens is 317 g/mol. The van der Waals surface area contributed by atoms with Gasteiger partial charge in [0.15, 0.2) is 0 Å². The summed E-state index contributed by atoms with van der Waals surface area (Å²) in [6.07, 6.45) is 0.283. The van der Waals surface area contributed by atoms with Crippen molar-refractivity contribution in [3.63, 3.8) is 0 Å². The summed E-state index contributed by atoms with van der Waals surface area (Å²) in [7, 11) is 0. The molecule has 2 heterocycles. The van der Waals surface area contributed by atoms with E-state index in [4.69, 9.17) is 0 Å². The maximum Gasteiger partial charge on any atom is 0.263 e. The smallest absolute Gasteiger partial charge is 0.263 e. The molecule has 0 unspecified atom stereocenters. The Hall–Kier alpha value is -2.28. The van der Waals surface area contributed by atoms with Gasteiger partial charge in [0.2, 0.25) is 5.91 Å². The molecule has 23 heavy (non-hydrogen) atoms. The molecule has 1 aliphatic rings. The van der Waals surface area contributed by atoms with E-state index < -0.39 is 0 Å². The van der Waals surface area contributed by atoms with Crippen molar-refractivity contribution in [3.8, 4) is 0 Å². The van der Waals surface area contributed by atoms with Crippen LogP contribution in [0, 0.1) is 12.7 Å². The van der Waals surface area contributed by atoms with E-state index in [0.717, 1.165) is 5.56 Å². The third-order valence-corrected chi connectivity index (χ3v) is 4.72. The van der Waals surface area contributed by atoms with Gasteiger partial charge >= 0.3 is 0 Å². The summed E-state index contributed by atoms with van der Waals surface area (Å²) in [4.78, 5) is 30.6. The van der Waals surface area contributed by atoms with Gasteiger partial charge in [-0.1, -0.05) is 12.1 Å². The first kappa shape index (κ1) is 15.6. The molecule has 0 bridgehead atoms. The Morgan fingerprint density at radius 1 is 1.43 bits per heavy atom. The summed E-state index contributed by atoms with van der Waals surface area (Å²) in [5.74, 6) is -0.501. The van der Waals surface area contributed by atoms with Gasteiger partial charge in [0.05, 0.1) is 17.2 Å². The van der Waals surface area contributed by atoms with Crippen LogP contribution in [0.25, 0.3) is 0 Å². The topological polar surface area (TPSA) is 62.3 Å². The number of hydrogen-bond acceptors (Lipinski definition) is 4. The molecule has 2 amide bonds. The third-order valence-electron chi connectivity index (χ3n) is 3.79. The zero-order chi connectivity index (χ0) is 16.4. The number of halogens is 1. The molecule has 1 fully saturated rings. The number of rotatable bonds is 4. The van der Waals surface area contributed by atoms with Crippen LogP contribution in [0.3, 0.4) is 0 Å². The molecule has 1 aromatic carbocycles. The second-order valence-corrected chi connectivity index (χ2v) is 6.40. The number of amides is 2. The predicted molar refractivity (Wildman–Crippen MR) is 84.5 cm³/mol. The Balaban J connectivity index is 1.60. The number of carbonyl (C=O) groups excluding carboxylic acids is 2. The summed E-state index contributed by atoms with van der Waals surface area (Å²) in [6, 6.07) is 5.87. The van der Waals surface area contributed by atoms with Gasteiger partial charge in [-0.2, -0.15) is 0 Å². The van der Waals surface area contributed by atoms with Crippen molar-refractivity contribution in [1.29, 1.82) is 0 Å². The van der Waals surface area contributed by atoms with E-state index >= 15 is 0 Å². The van der Waals surface area contributed by atoms with Gasteiger partial charge in [0.25, 0.3) is 5.91 Å². The summed E-state index contributed by atoms with van der Waals surface area (Å²) in [5, 5.41) is 2.89. The quantitative estimate of drug-likeness (QED) is 0.932. The molecule has 0 saturated carbocycles. The molecule has 1 saturated heterocycles. The number of benzene rings is 1. The fraction of sp³-hybridized carbons (Fsp3) is 0.312. The normalized spacial score (nSPS) is 17.6. The Kier molecular flexibility index (Phi) is 4.38. The fourth-order valence-corrected chi connectivity index (χ4v) is 3.31. The van der Waals surface area contributed by atoms with Crippen molar-refractivity contribution in [1.82, 2.24) is 15.2 Å². The minimum atomic E-state index is -0.299. The van der Waals surface area contributed by atoms with Crippen LogP contribution in [0.5, 0.6) is 0 Å². The van der Waals surface area contributed by atoms with Crippen LogP contribution in [0.15, 0.2) is 29.8 Å². The van der Waals surface area contributed by atoms with Crippen LogP contribution in [-0.4, -0.2) is 34.3 Å². The lowest BCUT2D eigenvalue weighted by Gasteiger charge is -2.17. The molecule has 2 aromatic rings. The number of aryl methyl sites for hydroxylation is 1. The SMILES string of the molecule is Cc1ncsc1C(=O)N[C@H]1CC(=O)N(Cc2ccc(F)cc2)C1. The second kappa shape index (κ2) is 6.45. The highest BCUT2D eigenvalue weighted by Gasteiger charge is 2.31. The average molecular weight is 333 g/mol. The van der Waals surface area contributed by atoms with Gasteiger partial charge < -0.3 is 10.2 Å². The Morgan fingerprint density at radius 3 is 2.83 bits per heavy atom. The summed E-state index contributed by atoms with van der Waals surface area (Å²) >= 11 is 1.29. The van der Waals surface area contributed by atoms with E-state index in [-0.39, 0.29) is 30.1 Å². The molecule has 0 aliphatic carbocycles. The van der Waals surface area contributed by atoms with Crippen molar-refractivity contribution >= 4 is 23.2 Å². The molecule has 0 spiro atoms. The van der Waals surface area contributed by atoms with Crippen molar-refractivity contribution in [3.05, 3.63) is 51.7 Å². The average Bonchev–Trinajstić information content (AvgIpc) is 3.08. The number of thiazole rings is 1. The van der Waals surface area contributed by atoms with Gasteiger partial charge in [0.1, 0.15) is 10.7 Å². The van der Waals surface area contributed by atoms with Gasteiger partial charge in [0, 0.05) is 19.5 Å². The zero-order valence-electron chi connectivity index (χ0n) is 12.6. The molecule has 1 N–H and O–H groups in total. The van der Waals surface area contributed by atoms with Crippen LogP contribution >= 0.6 is 11.3 Å². The van der Waals surface area contributed by atoms with E-state index in [9.17, 15) is 14.0 Å². The van der Waals surface area contributed by atoms with Gasteiger partial charge in [-0.3, -0.25) is 9.59 Å². The standard InChI is InChI=1S/C16H16FN3O2S/c1-10-15(23-9-18-10)16(22)19-13-6-14(21)20(8-13)7-11-2-4-12(17)5-3-11/h2-5,9,13H,6-8H2,1H3,(H,19,22)/t13-/m0/s1. The minimum Gasteiger partial charge on any atom is -0.346 e. The lowest BCUT2D eigenvalue weighted by Crippen LogP contribution is -2.36. The number of aromatic nitrogens is 1. The molecule has 0 radical (unpaired) electrons. The lowest BCUT2D eigenvalue weighted by atomic mass is 10.2. The largest absolute Gasteiger partial charge is 0.346 e. The third kappa shape index (κ3) is 3.56. The summed E-state index contributed by atoms with van der Waals surface area (Å²) in [6.45, 7) is 2.66. The highest BCUT2D eigenvalue weighted by atomic mass is 32.1. The predicted octanol–water partition coefficient (Wildman–Crippen LogP) is 2.12. The number of hydrogen-bond donors (Lipinski definition) is 1. The van der Waals surface area contributed by atoms with Gasteiger partial charge in [-0.25, -0.2) is 9.37 Å². The maximum absolute atomic E-state index is 12.9. The number of nitrogens with zero attached hydrogens (tertiary/aromatic N) is 2. The second-order valence-electron chi connectivity index (χ2n) is 5.54. The summed E-state index contributed by atoms with van der Waals surface area (Å²) in [5.41, 5.74) is 3.19. The molecule has 1 atom stereocenters. The first-order valence-corrected chi connectivity index (χ1v) is 8.14. The molecule has 7 heteroatoms. The van der Waals surface area contributed by atoms with Crippen molar-refractivity contribution in [2.24, 2.45) is 0 Å². The van der Waals surface area contributed by atoms with Crippen LogP contribution in [0.2, 0.25) is 0 Å². The first-order chi connectivity index (χ1) is 11.0. The Bertz CT molecular complexity index is 729.